The molecule has 0 aromatic rings. The quantitative estimate of drug-likeness (QED) is 0.800. The molecule has 0 radical (unpaired) electrons. The number of hydrogen-bond acceptors (Lipinski definition) is 5. The summed E-state index contributed by atoms with van der Waals surface area (Å²) in [4.78, 5) is 13.3. The van der Waals surface area contributed by atoms with E-state index in [-0.39, 0.29) is 17.6 Å². The normalized spacial score (nSPS) is 28.1. The van der Waals surface area contributed by atoms with Gasteiger partial charge in [-0.25, -0.2) is 0 Å². The molecule has 2 aliphatic heterocycles. The Morgan fingerprint density at radius 1 is 0.846 bits per heavy atom. The standard InChI is InChI=1S/C21H24N2O3/c1-13-3-15(7-17-9-22-11-25-19(17)5-13)21(24)16-4-14(2)6-20-18(8-16)10-23-12-26-20/h3-8,13-14,22-23H,9-12H2,1-2H3. The minimum absolute atomic E-state index is 0.0455. The van der Waals surface area contributed by atoms with E-state index >= 15 is 0 Å². The van der Waals surface area contributed by atoms with Crippen LogP contribution < -0.4 is 10.6 Å². The molecule has 0 bridgehead atoms. The summed E-state index contributed by atoms with van der Waals surface area (Å²) in [5.74, 6) is 2.08. The van der Waals surface area contributed by atoms with Crippen molar-refractivity contribution >= 4 is 5.78 Å². The average molecular weight is 352 g/mol. The second-order valence-electron chi connectivity index (χ2n) is 7.12. The zero-order valence-electron chi connectivity index (χ0n) is 15.2. The summed E-state index contributed by atoms with van der Waals surface area (Å²) in [6.45, 7) is 6.59. The Morgan fingerprint density at radius 2 is 1.31 bits per heavy atom. The topological polar surface area (TPSA) is 59.6 Å². The molecule has 136 valence electrons. The van der Waals surface area contributed by atoms with Crippen LogP contribution in [0.1, 0.15) is 13.8 Å². The highest BCUT2D eigenvalue weighted by molar-refractivity contribution is 6.12. The van der Waals surface area contributed by atoms with Crippen molar-refractivity contribution < 1.29 is 14.3 Å². The number of Topliss-reactive ketones (excluding diaryl/α,β-unsaturated/α-hetero) is 1. The van der Waals surface area contributed by atoms with Gasteiger partial charge >= 0.3 is 0 Å². The Labute approximate surface area is 153 Å². The minimum atomic E-state index is 0.0455. The van der Waals surface area contributed by atoms with Crippen molar-refractivity contribution in [3.63, 3.8) is 0 Å². The molecule has 26 heavy (non-hydrogen) atoms. The number of fused-ring (bicyclic) bond motifs is 2. The Bertz CT molecular complexity index is 745. The number of allylic oxidation sites excluding steroid dienone is 8. The fraction of sp³-hybridized carbons (Fsp3) is 0.381. The van der Waals surface area contributed by atoms with Gasteiger partial charge in [-0.2, -0.15) is 0 Å². The van der Waals surface area contributed by atoms with E-state index in [4.69, 9.17) is 9.47 Å². The second-order valence-corrected chi connectivity index (χ2v) is 7.12. The van der Waals surface area contributed by atoms with Crippen LogP contribution in [-0.4, -0.2) is 32.3 Å². The molecule has 2 fully saturated rings. The summed E-state index contributed by atoms with van der Waals surface area (Å²) in [6.07, 6.45) is 12.1. The van der Waals surface area contributed by atoms with Crippen LogP contribution in [-0.2, 0) is 14.3 Å². The lowest BCUT2D eigenvalue weighted by Crippen LogP contribution is -2.28. The fourth-order valence-corrected chi connectivity index (χ4v) is 3.60. The Morgan fingerprint density at radius 3 is 1.77 bits per heavy atom. The van der Waals surface area contributed by atoms with Crippen molar-refractivity contribution in [2.24, 2.45) is 11.8 Å². The maximum Gasteiger partial charge on any atom is 0.192 e. The number of ether oxygens (including phenoxy) is 2. The first-order valence-corrected chi connectivity index (χ1v) is 9.11. The van der Waals surface area contributed by atoms with E-state index in [1.807, 2.05) is 24.3 Å². The number of carbonyl (C=O) groups is 1. The number of ketones is 1. The number of hydrogen-bond donors (Lipinski definition) is 2. The van der Waals surface area contributed by atoms with Gasteiger partial charge in [0.1, 0.15) is 25.0 Å². The first kappa shape index (κ1) is 17.1. The van der Waals surface area contributed by atoms with Gasteiger partial charge in [0.05, 0.1) is 0 Å². The van der Waals surface area contributed by atoms with E-state index in [1.54, 1.807) is 0 Å². The van der Waals surface area contributed by atoms with E-state index in [0.29, 0.717) is 26.6 Å². The molecule has 0 amide bonds. The van der Waals surface area contributed by atoms with E-state index in [9.17, 15) is 4.79 Å². The maximum absolute atomic E-state index is 13.3. The highest BCUT2D eigenvalue weighted by Crippen LogP contribution is 2.29. The predicted octanol–water partition coefficient (Wildman–Crippen LogP) is 2.48. The van der Waals surface area contributed by atoms with Crippen molar-refractivity contribution in [2.45, 2.75) is 13.8 Å². The summed E-state index contributed by atoms with van der Waals surface area (Å²) in [5.41, 5.74) is 3.48. The molecular formula is C21H24N2O3. The Hall–Kier alpha value is -2.37. The molecule has 4 aliphatic rings. The van der Waals surface area contributed by atoms with E-state index in [0.717, 1.165) is 33.8 Å². The average Bonchev–Trinajstić information content (AvgIpc) is 2.90. The molecule has 4 rings (SSSR count). The molecule has 2 N–H and O–H groups in total. The molecule has 0 spiro atoms. The first-order valence-electron chi connectivity index (χ1n) is 9.11. The third-order valence-electron chi connectivity index (χ3n) is 4.82. The first-order chi connectivity index (χ1) is 12.6. The van der Waals surface area contributed by atoms with Crippen molar-refractivity contribution in [3.8, 4) is 0 Å². The predicted molar refractivity (Wildman–Crippen MR) is 99.7 cm³/mol. The molecule has 2 unspecified atom stereocenters. The molecule has 2 atom stereocenters. The van der Waals surface area contributed by atoms with Gasteiger partial charge < -0.3 is 9.47 Å². The monoisotopic (exact) mass is 352 g/mol. The van der Waals surface area contributed by atoms with Gasteiger partial charge in [-0.1, -0.05) is 26.0 Å². The molecular weight excluding hydrogens is 328 g/mol. The number of nitrogens with one attached hydrogen (secondary N) is 2. The molecule has 0 saturated carbocycles. The van der Waals surface area contributed by atoms with Gasteiger partial charge in [-0.3, -0.25) is 15.4 Å². The summed E-state index contributed by atoms with van der Waals surface area (Å²) < 4.78 is 11.4. The zero-order valence-corrected chi connectivity index (χ0v) is 15.2. The van der Waals surface area contributed by atoms with Crippen molar-refractivity contribution in [3.05, 3.63) is 70.3 Å². The Kier molecular flexibility index (Phi) is 4.66. The Balaban J connectivity index is 1.67. The molecule has 0 aromatic carbocycles. The van der Waals surface area contributed by atoms with Crippen LogP contribution in [0, 0.1) is 11.8 Å². The van der Waals surface area contributed by atoms with Crippen LogP contribution in [0.5, 0.6) is 0 Å². The van der Waals surface area contributed by atoms with Gasteiger partial charge in [0.15, 0.2) is 5.78 Å². The highest BCUT2D eigenvalue weighted by atomic mass is 16.5. The maximum atomic E-state index is 13.3. The van der Waals surface area contributed by atoms with Crippen LogP contribution in [0.4, 0.5) is 0 Å². The molecule has 2 saturated heterocycles. The molecule has 5 heteroatoms. The third-order valence-corrected chi connectivity index (χ3v) is 4.82. The summed E-state index contributed by atoms with van der Waals surface area (Å²) in [6, 6.07) is 0. The lowest BCUT2D eigenvalue weighted by molar-refractivity contribution is -0.111. The third kappa shape index (κ3) is 3.45. The highest BCUT2D eigenvalue weighted by Gasteiger charge is 2.24. The van der Waals surface area contributed by atoms with Crippen LogP contribution >= 0.6 is 0 Å². The minimum Gasteiger partial charge on any atom is -0.478 e. The van der Waals surface area contributed by atoms with Gasteiger partial charge in [0.2, 0.25) is 0 Å². The van der Waals surface area contributed by atoms with Crippen LogP contribution in [0.2, 0.25) is 0 Å². The molecule has 2 heterocycles. The number of carbonyl (C=O) groups excluding carboxylic acids is 1. The van der Waals surface area contributed by atoms with Crippen LogP contribution in [0.15, 0.2) is 70.3 Å². The summed E-state index contributed by atoms with van der Waals surface area (Å²) in [5, 5.41) is 6.38. The van der Waals surface area contributed by atoms with Gasteiger partial charge in [-0.15, -0.1) is 0 Å². The number of rotatable bonds is 2. The summed E-state index contributed by atoms with van der Waals surface area (Å²) in [7, 11) is 0. The van der Waals surface area contributed by atoms with Crippen molar-refractivity contribution in [1.82, 2.24) is 10.6 Å². The van der Waals surface area contributed by atoms with Crippen molar-refractivity contribution in [1.29, 1.82) is 0 Å². The van der Waals surface area contributed by atoms with E-state index in [2.05, 4.69) is 36.6 Å². The molecule has 2 aliphatic carbocycles. The van der Waals surface area contributed by atoms with Crippen LogP contribution in [0.25, 0.3) is 0 Å². The lowest BCUT2D eigenvalue weighted by Gasteiger charge is -2.21. The van der Waals surface area contributed by atoms with E-state index < -0.39 is 0 Å². The van der Waals surface area contributed by atoms with Gasteiger partial charge in [0, 0.05) is 35.4 Å². The fourth-order valence-electron chi connectivity index (χ4n) is 3.60. The zero-order chi connectivity index (χ0) is 18.1. The lowest BCUT2D eigenvalue weighted by atomic mass is 9.96. The summed E-state index contributed by atoms with van der Waals surface area (Å²) >= 11 is 0. The SMILES string of the molecule is CC1C=C(C(=O)C2=CC(C)C=C3OCNCC3=C2)C=C2CNCOC2=C1. The molecule has 0 aromatic heterocycles. The van der Waals surface area contributed by atoms with Crippen LogP contribution in [0.3, 0.4) is 0 Å². The molecule has 5 nitrogen and oxygen atoms in total. The van der Waals surface area contributed by atoms with Gasteiger partial charge in [0.25, 0.3) is 0 Å². The second kappa shape index (κ2) is 7.09. The van der Waals surface area contributed by atoms with Gasteiger partial charge in [-0.05, 0) is 36.1 Å². The smallest absolute Gasteiger partial charge is 0.192 e. The van der Waals surface area contributed by atoms with Crippen molar-refractivity contribution in [2.75, 3.05) is 26.6 Å². The largest absolute Gasteiger partial charge is 0.478 e. The van der Waals surface area contributed by atoms with E-state index in [1.165, 1.54) is 0 Å².